The number of aliphatic hydroxyl groups excluding tert-OH is 4. The van der Waals surface area contributed by atoms with Gasteiger partial charge < -0.3 is 44.1 Å². The Kier molecular flexibility index (Phi) is 6.23. The van der Waals surface area contributed by atoms with E-state index in [1.807, 2.05) is 0 Å². The summed E-state index contributed by atoms with van der Waals surface area (Å²) in [5, 5.41) is 39.0. The largest absolute Gasteiger partial charge is 0.496 e. The summed E-state index contributed by atoms with van der Waals surface area (Å²) < 4.78 is 26.3. The van der Waals surface area contributed by atoms with Gasteiger partial charge in [0.2, 0.25) is 6.29 Å². The summed E-state index contributed by atoms with van der Waals surface area (Å²) >= 11 is 0. The number of rotatable bonds is 6. The highest BCUT2D eigenvalue weighted by Crippen LogP contribution is 2.49. The molecule has 176 valence electrons. The number of carbonyl (C=O) groups is 3. The molecule has 12 heteroatoms. The van der Waals surface area contributed by atoms with Crippen molar-refractivity contribution in [3.05, 3.63) is 23.5 Å². The Bertz CT molecular complexity index is 848. The third-order valence-electron chi connectivity index (χ3n) is 6.06. The van der Waals surface area contributed by atoms with Crippen LogP contribution in [0.3, 0.4) is 0 Å². The van der Waals surface area contributed by atoms with Crippen LogP contribution in [0.15, 0.2) is 23.5 Å². The number of hydrogen-bond donors (Lipinski definition) is 4. The minimum absolute atomic E-state index is 0.0561. The van der Waals surface area contributed by atoms with Crippen molar-refractivity contribution < 1.29 is 58.5 Å². The molecule has 2 saturated heterocycles. The first-order chi connectivity index (χ1) is 15.2. The monoisotopic (exact) mass is 456 g/mol. The van der Waals surface area contributed by atoms with Gasteiger partial charge in [0.05, 0.1) is 24.9 Å². The Hall–Kier alpha value is -2.51. The van der Waals surface area contributed by atoms with E-state index in [4.69, 9.17) is 23.7 Å². The molecule has 0 bridgehead atoms. The third kappa shape index (κ3) is 3.99. The van der Waals surface area contributed by atoms with Crippen molar-refractivity contribution in [1.82, 2.24) is 0 Å². The maximum absolute atomic E-state index is 12.6. The van der Waals surface area contributed by atoms with Crippen molar-refractivity contribution in [1.29, 1.82) is 0 Å². The van der Waals surface area contributed by atoms with E-state index in [0.29, 0.717) is 11.1 Å². The summed E-state index contributed by atoms with van der Waals surface area (Å²) in [5.41, 5.74) is 0.964. The van der Waals surface area contributed by atoms with Crippen LogP contribution in [-0.2, 0) is 38.1 Å². The number of hydrogen-bond acceptors (Lipinski definition) is 12. The Labute approximate surface area is 181 Å². The third-order valence-corrected chi connectivity index (χ3v) is 6.06. The van der Waals surface area contributed by atoms with Crippen molar-refractivity contribution >= 4 is 17.9 Å². The van der Waals surface area contributed by atoms with E-state index >= 15 is 0 Å². The summed E-state index contributed by atoms with van der Waals surface area (Å²) in [5.74, 6) is -2.75. The van der Waals surface area contributed by atoms with E-state index in [1.165, 1.54) is 13.2 Å². The molecule has 2 fully saturated rings. The van der Waals surface area contributed by atoms with E-state index in [1.54, 1.807) is 6.08 Å². The summed E-state index contributed by atoms with van der Waals surface area (Å²) in [6.45, 7) is 0.537. The van der Waals surface area contributed by atoms with E-state index in [0.717, 1.165) is 0 Å². The summed E-state index contributed by atoms with van der Waals surface area (Å²) in [6, 6.07) is 0. The maximum Gasteiger partial charge on any atom is 0.338 e. The molecule has 9 unspecified atom stereocenters. The summed E-state index contributed by atoms with van der Waals surface area (Å²) in [6.07, 6.45) is -6.58. The van der Waals surface area contributed by atoms with Gasteiger partial charge in [0.1, 0.15) is 43.2 Å². The Morgan fingerprint density at radius 1 is 1.09 bits per heavy atom. The molecule has 32 heavy (non-hydrogen) atoms. The highest BCUT2D eigenvalue weighted by atomic mass is 16.7. The van der Waals surface area contributed by atoms with Gasteiger partial charge in [0.15, 0.2) is 0 Å². The van der Waals surface area contributed by atoms with Gasteiger partial charge in [-0.25, -0.2) is 4.79 Å². The van der Waals surface area contributed by atoms with Crippen molar-refractivity contribution in [3.8, 4) is 0 Å². The van der Waals surface area contributed by atoms with Gasteiger partial charge in [0, 0.05) is 18.8 Å². The smallest absolute Gasteiger partial charge is 0.338 e. The maximum atomic E-state index is 12.6. The summed E-state index contributed by atoms with van der Waals surface area (Å²) in [7, 11) is 0. The van der Waals surface area contributed by atoms with Crippen LogP contribution in [0, 0.1) is 11.8 Å². The molecule has 0 amide bonds. The van der Waals surface area contributed by atoms with E-state index in [-0.39, 0.29) is 13.0 Å². The van der Waals surface area contributed by atoms with E-state index < -0.39 is 79.3 Å². The Balaban J connectivity index is 1.46. The molecule has 9 atom stereocenters. The number of carbonyl (C=O) groups excluding carboxylic acids is 3. The zero-order valence-corrected chi connectivity index (χ0v) is 17.0. The number of aliphatic hydroxyl groups is 4. The van der Waals surface area contributed by atoms with Crippen molar-refractivity contribution in [3.63, 3.8) is 0 Å². The molecular formula is C20H24O12. The van der Waals surface area contributed by atoms with Crippen molar-refractivity contribution in [2.75, 3.05) is 13.2 Å². The molecular weight excluding hydrogens is 432 g/mol. The number of ether oxygens (including phenoxy) is 5. The molecule has 0 saturated carbocycles. The first-order valence-corrected chi connectivity index (χ1v) is 10.1. The second-order valence-electron chi connectivity index (χ2n) is 8.08. The van der Waals surface area contributed by atoms with Gasteiger partial charge in [-0.1, -0.05) is 0 Å². The van der Waals surface area contributed by atoms with Gasteiger partial charge >= 0.3 is 17.9 Å². The molecule has 4 rings (SSSR count). The minimum Gasteiger partial charge on any atom is -0.496 e. The average Bonchev–Trinajstić information content (AvgIpc) is 3.26. The second kappa shape index (κ2) is 8.79. The fourth-order valence-electron chi connectivity index (χ4n) is 4.52. The molecule has 0 spiro atoms. The lowest BCUT2D eigenvalue weighted by atomic mass is 9.79. The van der Waals surface area contributed by atoms with Gasteiger partial charge in [-0.05, 0) is 11.6 Å². The molecule has 1 aliphatic carbocycles. The molecule has 3 heterocycles. The molecule has 12 nitrogen and oxygen atoms in total. The SMILES string of the molecule is CC(=O)OCC1=CC2OC(=O)C3=COC(CC(=O)OC4OC(CO)C(O)C(O)C4O)C1C32. The van der Waals surface area contributed by atoms with E-state index in [9.17, 15) is 34.8 Å². The Morgan fingerprint density at radius 3 is 2.53 bits per heavy atom. The molecule has 4 N–H and O–H groups in total. The van der Waals surface area contributed by atoms with Crippen LogP contribution in [0.5, 0.6) is 0 Å². The van der Waals surface area contributed by atoms with Gasteiger partial charge in [0.25, 0.3) is 0 Å². The zero-order valence-electron chi connectivity index (χ0n) is 17.0. The molecule has 0 aromatic heterocycles. The lowest BCUT2D eigenvalue weighted by Crippen LogP contribution is -2.59. The topological polar surface area (TPSA) is 178 Å². The molecule has 3 aliphatic heterocycles. The van der Waals surface area contributed by atoms with E-state index in [2.05, 4.69) is 0 Å². The first-order valence-electron chi connectivity index (χ1n) is 10.1. The molecule has 0 aromatic carbocycles. The predicted molar refractivity (Wildman–Crippen MR) is 99.0 cm³/mol. The molecule has 0 aromatic rings. The van der Waals surface area contributed by atoms with Crippen molar-refractivity contribution in [2.24, 2.45) is 11.8 Å². The zero-order chi connectivity index (χ0) is 23.2. The quantitative estimate of drug-likeness (QED) is 0.190. The first kappa shape index (κ1) is 22.7. The fraction of sp³-hybridized carbons (Fsp3) is 0.650. The van der Waals surface area contributed by atoms with Crippen molar-refractivity contribution in [2.45, 2.75) is 56.3 Å². The Morgan fingerprint density at radius 2 is 1.84 bits per heavy atom. The highest BCUT2D eigenvalue weighted by molar-refractivity contribution is 5.92. The standard InChI is InChI=1S/C20H24O12/c1-7(22)28-5-8-2-11-15-9(19(27)30-11)6-29-10(14(8)15)3-13(23)32-20-18(26)17(25)16(24)12(4-21)31-20/h2,6,10-12,14-18,20-21,24-26H,3-5H2,1H3. The molecule has 0 radical (unpaired) electrons. The second-order valence-corrected chi connectivity index (χ2v) is 8.08. The van der Waals surface area contributed by atoms with Gasteiger partial charge in [-0.3, -0.25) is 9.59 Å². The normalized spacial score (nSPS) is 39.9. The van der Waals surface area contributed by atoms with Gasteiger partial charge in [-0.15, -0.1) is 0 Å². The lowest BCUT2D eigenvalue weighted by Gasteiger charge is -2.39. The van der Waals surface area contributed by atoms with Crippen LogP contribution in [0.2, 0.25) is 0 Å². The highest BCUT2D eigenvalue weighted by Gasteiger charge is 2.55. The fourth-order valence-corrected chi connectivity index (χ4v) is 4.52. The van der Waals surface area contributed by atoms with Crippen LogP contribution in [0.4, 0.5) is 0 Å². The number of esters is 3. The predicted octanol–water partition coefficient (Wildman–Crippen LogP) is -2.34. The van der Waals surface area contributed by atoms with Crippen LogP contribution in [-0.4, -0.2) is 94.5 Å². The minimum atomic E-state index is -1.73. The van der Waals surface area contributed by atoms with Gasteiger partial charge in [-0.2, -0.15) is 0 Å². The molecule has 4 aliphatic rings. The van der Waals surface area contributed by atoms with Crippen LogP contribution >= 0.6 is 0 Å². The van der Waals surface area contributed by atoms with Crippen LogP contribution < -0.4 is 0 Å². The van der Waals surface area contributed by atoms with Crippen LogP contribution in [0.1, 0.15) is 13.3 Å². The summed E-state index contributed by atoms with van der Waals surface area (Å²) in [4.78, 5) is 35.9. The van der Waals surface area contributed by atoms with Crippen LogP contribution in [0.25, 0.3) is 0 Å². The lowest BCUT2D eigenvalue weighted by molar-refractivity contribution is -0.293. The average molecular weight is 456 g/mol.